The van der Waals surface area contributed by atoms with Crippen molar-refractivity contribution < 1.29 is 9.26 Å². The summed E-state index contributed by atoms with van der Waals surface area (Å²) in [5, 5.41) is 7.93. The Morgan fingerprint density at radius 1 is 1.32 bits per heavy atom. The van der Waals surface area contributed by atoms with Gasteiger partial charge in [0.1, 0.15) is 6.10 Å². The largest absolute Gasteiger partial charge is 0.366 e. The molecule has 0 unspecified atom stereocenters. The second-order valence-electron chi connectivity index (χ2n) is 4.42. The molecule has 100 valence electrons. The van der Waals surface area contributed by atoms with Crippen LogP contribution in [-0.4, -0.2) is 29.8 Å². The molecule has 1 aliphatic heterocycles. The van der Waals surface area contributed by atoms with Crippen LogP contribution in [0.15, 0.2) is 28.8 Å². The molecule has 1 fully saturated rings. The third-order valence-corrected chi connectivity index (χ3v) is 3.21. The number of rotatable bonds is 3. The fourth-order valence-corrected chi connectivity index (χ4v) is 2.10. The van der Waals surface area contributed by atoms with Gasteiger partial charge in [0.2, 0.25) is 0 Å². The Morgan fingerprint density at radius 3 is 2.89 bits per heavy atom. The first-order valence-electron chi connectivity index (χ1n) is 6.20. The van der Waals surface area contributed by atoms with Gasteiger partial charge in [-0.2, -0.15) is 4.98 Å². The lowest BCUT2D eigenvalue weighted by Gasteiger charge is -2.19. The van der Waals surface area contributed by atoms with Crippen molar-refractivity contribution in [3.63, 3.8) is 0 Å². The summed E-state index contributed by atoms with van der Waals surface area (Å²) in [6.07, 6.45) is 0.487. The first-order valence-corrected chi connectivity index (χ1v) is 6.58. The van der Waals surface area contributed by atoms with Gasteiger partial charge in [0.25, 0.3) is 5.89 Å². The van der Waals surface area contributed by atoms with Crippen LogP contribution < -0.4 is 5.32 Å². The Hall–Kier alpha value is -1.43. The Morgan fingerprint density at radius 2 is 2.16 bits per heavy atom. The highest BCUT2D eigenvalue weighted by molar-refractivity contribution is 6.30. The third-order valence-electron chi connectivity index (χ3n) is 2.96. The van der Waals surface area contributed by atoms with Gasteiger partial charge in [0.05, 0.1) is 6.61 Å². The fourth-order valence-electron chi connectivity index (χ4n) is 1.98. The summed E-state index contributed by atoms with van der Waals surface area (Å²) < 4.78 is 10.8. The van der Waals surface area contributed by atoms with E-state index in [1.54, 1.807) is 0 Å². The third kappa shape index (κ3) is 3.12. The fraction of sp³-hybridized carbons (Fsp3) is 0.385. The van der Waals surface area contributed by atoms with Crippen molar-refractivity contribution in [3.05, 3.63) is 46.6 Å². The molecule has 1 aromatic heterocycles. The van der Waals surface area contributed by atoms with E-state index >= 15 is 0 Å². The van der Waals surface area contributed by atoms with Crippen LogP contribution in [0.2, 0.25) is 5.02 Å². The van der Waals surface area contributed by atoms with Crippen molar-refractivity contribution >= 4 is 11.6 Å². The minimum atomic E-state index is -0.139. The predicted octanol–water partition coefficient (Wildman–Crippen LogP) is 1.97. The van der Waals surface area contributed by atoms with Crippen molar-refractivity contribution in [1.82, 2.24) is 15.5 Å². The average molecular weight is 280 g/mol. The molecule has 1 aliphatic rings. The molecule has 1 aromatic carbocycles. The summed E-state index contributed by atoms with van der Waals surface area (Å²) in [4.78, 5) is 4.38. The van der Waals surface area contributed by atoms with E-state index in [4.69, 9.17) is 20.9 Å². The van der Waals surface area contributed by atoms with Crippen LogP contribution in [0, 0.1) is 0 Å². The Labute approximate surface area is 115 Å². The zero-order valence-corrected chi connectivity index (χ0v) is 11.1. The lowest BCUT2D eigenvalue weighted by Crippen LogP contribution is -2.33. The van der Waals surface area contributed by atoms with Crippen LogP contribution in [0.25, 0.3) is 0 Å². The highest BCUT2D eigenvalue weighted by Gasteiger charge is 2.22. The van der Waals surface area contributed by atoms with Crippen LogP contribution >= 0.6 is 11.6 Å². The number of hydrogen-bond acceptors (Lipinski definition) is 5. The van der Waals surface area contributed by atoms with E-state index in [2.05, 4.69) is 15.5 Å². The Balaban J connectivity index is 1.68. The quantitative estimate of drug-likeness (QED) is 0.931. The van der Waals surface area contributed by atoms with Crippen LogP contribution in [0.1, 0.15) is 23.4 Å². The minimum Gasteiger partial charge on any atom is -0.366 e. The van der Waals surface area contributed by atoms with Crippen molar-refractivity contribution in [2.24, 2.45) is 0 Å². The molecule has 0 bridgehead atoms. The molecule has 1 saturated heterocycles. The highest BCUT2D eigenvalue weighted by atomic mass is 35.5. The SMILES string of the molecule is Clc1ccc(Cc2noc([C@@H]3CNCCO3)n2)cc1. The van der Waals surface area contributed by atoms with E-state index in [-0.39, 0.29) is 6.10 Å². The summed E-state index contributed by atoms with van der Waals surface area (Å²) in [5.74, 6) is 1.20. The molecule has 0 saturated carbocycles. The van der Waals surface area contributed by atoms with E-state index < -0.39 is 0 Å². The molecular weight excluding hydrogens is 266 g/mol. The lowest BCUT2D eigenvalue weighted by molar-refractivity contribution is 0.00755. The van der Waals surface area contributed by atoms with Gasteiger partial charge in [-0.05, 0) is 17.7 Å². The second kappa shape index (κ2) is 5.69. The zero-order valence-electron chi connectivity index (χ0n) is 10.3. The maximum Gasteiger partial charge on any atom is 0.257 e. The molecule has 0 radical (unpaired) electrons. The van der Waals surface area contributed by atoms with Crippen LogP contribution in [-0.2, 0) is 11.2 Å². The Bertz CT molecular complexity index is 535. The first kappa shape index (κ1) is 12.6. The summed E-state index contributed by atoms with van der Waals surface area (Å²) in [5.41, 5.74) is 1.10. The van der Waals surface area contributed by atoms with Crippen molar-refractivity contribution in [1.29, 1.82) is 0 Å². The molecule has 1 N–H and O–H groups in total. The van der Waals surface area contributed by atoms with Crippen LogP contribution in [0.5, 0.6) is 0 Å². The van der Waals surface area contributed by atoms with Gasteiger partial charge in [-0.1, -0.05) is 28.9 Å². The van der Waals surface area contributed by atoms with E-state index in [1.165, 1.54) is 0 Å². The molecule has 0 spiro atoms. The van der Waals surface area contributed by atoms with Gasteiger partial charge in [0, 0.05) is 24.5 Å². The van der Waals surface area contributed by atoms with Gasteiger partial charge < -0.3 is 14.6 Å². The smallest absolute Gasteiger partial charge is 0.257 e. The maximum atomic E-state index is 5.85. The molecular formula is C13H14ClN3O2. The molecule has 3 rings (SSSR count). The van der Waals surface area contributed by atoms with E-state index in [9.17, 15) is 0 Å². The minimum absolute atomic E-state index is 0.139. The van der Waals surface area contributed by atoms with Crippen molar-refractivity contribution in [3.8, 4) is 0 Å². The molecule has 6 heteroatoms. The molecule has 0 amide bonds. The molecule has 2 heterocycles. The molecule has 19 heavy (non-hydrogen) atoms. The summed E-state index contributed by atoms with van der Waals surface area (Å²) in [7, 11) is 0. The number of nitrogens with zero attached hydrogens (tertiary/aromatic N) is 2. The van der Waals surface area contributed by atoms with E-state index in [0.717, 1.165) is 17.1 Å². The molecule has 5 nitrogen and oxygen atoms in total. The number of nitrogens with one attached hydrogen (secondary N) is 1. The van der Waals surface area contributed by atoms with Gasteiger partial charge in [-0.25, -0.2) is 0 Å². The zero-order chi connectivity index (χ0) is 13.1. The Kier molecular flexibility index (Phi) is 3.77. The molecule has 0 aliphatic carbocycles. The summed E-state index contributed by atoms with van der Waals surface area (Å²) >= 11 is 5.85. The van der Waals surface area contributed by atoms with Crippen LogP contribution in [0.3, 0.4) is 0 Å². The van der Waals surface area contributed by atoms with Gasteiger partial charge in [-0.15, -0.1) is 0 Å². The monoisotopic (exact) mass is 279 g/mol. The predicted molar refractivity (Wildman–Crippen MR) is 70.1 cm³/mol. The molecule has 1 atom stereocenters. The first-order chi connectivity index (χ1) is 9.31. The highest BCUT2D eigenvalue weighted by Crippen LogP contribution is 2.18. The second-order valence-corrected chi connectivity index (χ2v) is 4.85. The van der Waals surface area contributed by atoms with E-state index in [1.807, 2.05) is 24.3 Å². The maximum absolute atomic E-state index is 5.85. The van der Waals surface area contributed by atoms with Gasteiger partial charge in [0.15, 0.2) is 5.82 Å². The van der Waals surface area contributed by atoms with E-state index in [0.29, 0.717) is 31.3 Å². The summed E-state index contributed by atoms with van der Waals surface area (Å²) in [6, 6.07) is 7.62. The number of aromatic nitrogens is 2. The van der Waals surface area contributed by atoms with Gasteiger partial charge in [-0.3, -0.25) is 0 Å². The average Bonchev–Trinajstić information content (AvgIpc) is 2.91. The lowest BCUT2D eigenvalue weighted by atomic mass is 10.1. The number of morpholine rings is 1. The van der Waals surface area contributed by atoms with Crippen molar-refractivity contribution in [2.75, 3.05) is 19.7 Å². The summed E-state index contributed by atoms with van der Waals surface area (Å²) in [6.45, 7) is 2.24. The number of ether oxygens (including phenoxy) is 1. The van der Waals surface area contributed by atoms with Gasteiger partial charge >= 0.3 is 0 Å². The molecule has 2 aromatic rings. The number of benzene rings is 1. The topological polar surface area (TPSA) is 60.2 Å². The van der Waals surface area contributed by atoms with Crippen molar-refractivity contribution in [2.45, 2.75) is 12.5 Å². The number of halogens is 1. The van der Waals surface area contributed by atoms with Crippen LogP contribution in [0.4, 0.5) is 0 Å². The normalized spacial score (nSPS) is 19.5. The standard InChI is InChI=1S/C13H14ClN3O2/c14-10-3-1-9(2-4-10)7-12-16-13(19-17-12)11-8-15-5-6-18-11/h1-4,11,15H,5-8H2/t11-/m0/s1. The number of hydrogen-bond donors (Lipinski definition) is 1.